The molecule has 1 aromatic rings. The number of rotatable bonds is 4. The molecule has 0 atom stereocenters. The van der Waals surface area contributed by atoms with Crippen LogP contribution in [0.5, 0.6) is 0 Å². The Kier molecular flexibility index (Phi) is 5.64. The van der Waals surface area contributed by atoms with Gasteiger partial charge in [0, 0.05) is 18.0 Å². The van der Waals surface area contributed by atoms with Crippen LogP contribution in [0.1, 0.15) is 26.3 Å². The second kappa shape index (κ2) is 7.22. The van der Waals surface area contributed by atoms with Crippen LogP contribution in [0, 0.1) is 0 Å². The summed E-state index contributed by atoms with van der Waals surface area (Å²) in [7, 11) is 0. The highest BCUT2D eigenvalue weighted by Gasteiger charge is 2.15. The average Bonchev–Trinajstić information content (AvgIpc) is 2.36. The Bertz CT molecular complexity index is 491. The van der Waals surface area contributed by atoms with Crippen molar-refractivity contribution in [2.45, 2.75) is 26.4 Å². The molecule has 20 heavy (non-hydrogen) atoms. The van der Waals surface area contributed by atoms with E-state index < -0.39 is 11.7 Å². The van der Waals surface area contributed by atoms with Crippen molar-refractivity contribution in [3.05, 3.63) is 30.1 Å². The molecule has 3 N–H and O–H groups in total. The van der Waals surface area contributed by atoms with Gasteiger partial charge in [-0.15, -0.1) is 5.10 Å². The maximum absolute atomic E-state index is 11.4. The van der Waals surface area contributed by atoms with Crippen LogP contribution in [-0.4, -0.2) is 35.3 Å². The number of carbonyl (C=O) groups is 1. The third-order valence-electron chi connectivity index (χ3n) is 1.89. The van der Waals surface area contributed by atoms with Crippen LogP contribution in [0.4, 0.5) is 4.79 Å². The first-order valence-corrected chi connectivity index (χ1v) is 6.09. The number of hydrogen-bond acceptors (Lipinski definition) is 5. The molecule has 0 fully saturated rings. The van der Waals surface area contributed by atoms with Gasteiger partial charge in [0.2, 0.25) is 0 Å². The molecule has 1 aromatic heterocycles. The normalized spacial score (nSPS) is 12.4. The second-order valence-electron chi connectivity index (χ2n) is 4.98. The monoisotopic (exact) mass is 277 g/mol. The summed E-state index contributed by atoms with van der Waals surface area (Å²) in [6.07, 6.45) is 4.29. The van der Waals surface area contributed by atoms with Crippen LogP contribution in [0.2, 0.25) is 0 Å². The lowest BCUT2D eigenvalue weighted by Crippen LogP contribution is -2.37. The van der Waals surface area contributed by atoms with Gasteiger partial charge in [-0.25, -0.2) is 4.79 Å². The Morgan fingerprint density at radius 3 is 2.90 bits per heavy atom. The highest BCUT2D eigenvalue weighted by molar-refractivity contribution is 5.86. The summed E-state index contributed by atoms with van der Waals surface area (Å²) < 4.78 is 5.05. The summed E-state index contributed by atoms with van der Waals surface area (Å²) in [4.78, 5) is 15.3. The van der Waals surface area contributed by atoms with E-state index in [2.05, 4.69) is 20.5 Å². The van der Waals surface area contributed by atoms with Gasteiger partial charge in [-0.2, -0.15) is 5.10 Å². The van der Waals surface area contributed by atoms with Gasteiger partial charge in [0.25, 0.3) is 0 Å². The molecule has 0 saturated carbocycles. The van der Waals surface area contributed by atoms with Crippen molar-refractivity contribution >= 4 is 18.1 Å². The summed E-state index contributed by atoms with van der Waals surface area (Å²) in [6.45, 7) is 5.41. The van der Waals surface area contributed by atoms with Crippen molar-refractivity contribution in [2.24, 2.45) is 15.9 Å². The number of amides is 1. The van der Waals surface area contributed by atoms with Crippen molar-refractivity contribution in [3.63, 3.8) is 0 Å². The van der Waals surface area contributed by atoms with Crippen molar-refractivity contribution in [1.82, 2.24) is 10.3 Å². The van der Waals surface area contributed by atoms with E-state index >= 15 is 0 Å². The summed E-state index contributed by atoms with van der Waals surface area (Å²) in [5, 5.41) is 10.0. The lowest BCUT2D eigenvalue weighted by Gasteiger charge is -2.19. The average molecular weight is 277 g/mol. The van der Waals surface area contributed by atoms with Crippen LogP contribution < -0.4 is 11.1 Å². The number of aromatic nitrogens is 1. The molecule has 0 aliphatic heterocycles. The molecule has 0 unspecified atom stereocenters. The largest absolute Gasteiger partial charge is 0.444 e. The van der Waals surface area contributed by atoms with Gasteiger partial charge in [0.1, 0.15) is 11.4 Å². The first-order chi connectivity index (χ1) is 9.37. The standard InChI is InChI=1S/C13H19N5O2/c1-13(2,3)20-12(19)16-9-11(14)18-17-8-10-5-4-6-15-7-10/h4-8H,9H2,1-3H3,(H2,14,18)(H,16,19)/b17-8+. The van der Waals surface area contributed by atoms with E-state index in [4.69, 9.17) is 10.5 Å². The van der Waals surface area contributed by atoms with Gasteiger partial charge in [-0.1, -0.05) is 6.07 Å². The number of nitrogens with zero attached hydrogens (tertiary/aromatic N) is 3. The number of carbonyl (C=O) groups excluding carboxylic acids is 1. The smallest absolute Gasteiger partial charge is 0.408 e. The fraction of sp³-hybridized carbons (Fsp3) is 0.385. The lowest BCUT2D eigenvalue weighted by atomic mass is 10.2. The molecular weight excluding hydrogens is 258 g/mol. The van der Waals surface area contributed by atoms with Gasteiger partial charge < -0.3 is 15.8 Å². The summed E-state index contributed by atoms with van der Waals surface area (Å²) in [5.74, 6) is 0.177. The Hall–Kier alpha value is -2.44. The lowest BCUT2D eigenvalue weighted by molar-refractivity contribution is 0.0536. The van der Waals surface area contributed by atoms with Crippen molar-refractivity contribution in [3.8, 4) is 0 Å². The molecule has 0 aliphatic rings. The highest BCUT2D eigenvalue weighted by Crippen LogP contribution is 2.05. The molecule has 0 saturated heterocycles. The van der Waals surface area contributed by atoms with Crippen LogP contribution in [0.3, 0.4) is 0 Å². The van der Waals surface area contributed by atoms with Crippen LogP contribution in [0.15, 0.2) is 34.7 Å². The van der Waals surface area contributed by atoms with Crippen molar-refractivity contribution in [1.29, 1.82) is 0 Å². The number of ether oxygens (including phenoxy) is 1. The molecule has 0 radical (unpaired) electrons. The SMILES string of the molecule is CC(C)(C)OC(=O)NC/C(N)=N/N=C/c1cccnc1. The first kappa shape index (κ1) is 15.6. The Labute approximate surface area is 117 Å². The van der Waals surface area contributed by atoms with E-state index in [0.29, 0.717) is 0 Å². The summed E-state index contributed by atoms with van der Waals surface area (Å²) in [6, 6.07) is 3.62. The minimum absolute atomic E-state index is 0.0687. The van der Waals surface area contributed by atoms with Crippen molar-refractivity contribution in [2.75, 3.05) is 6.54 Å². The van der Waals surface area contributed by atoms with E-state index in [-0.39, 0.29) is 12.4 Å². The van der Waals surface area contributed by atoms with E-state index in [1.807, 2.05) is 6.07 Å². The topological polar surface area (TPSA) is 102 Å². The Morgan fingerprint density at radius 2 is 2.30 bits per heavy atom. The zero-order valence-electron chi connectivity index (χ0n) is 11.8. The minimum Gasteiger partial charge on any atom is -0.444 e. The predicted octanol–water partition coefficient (Wildman–Crippen LogP) is 1.30. The molecule has 1 amide bonds. The molecule has 0 aliphatic carbocycles. The maximum atomic E-state index is 11.4. The number of alkyl carbamates (subject to hydrolysis) is 1. The Balaban J connectivity index is 2.39. The second-order valence-corrected chi connectivity index (χ2v) is 4.98. The van der Waals surface area contributed by atoms with Gasteiger partial charge in [-0.3, -0.25) is 4.98 Å². The number of hydrogen-bond donors (Lipinski definition) is 2. The molecule has 7 heteroatoms. The number of pyridine rings is 1. The zero-order chi connectivity index (χ0) is 15.0. The first-order valence-electron chi connectivity index (χ1n) is 6.09. The van der Waals surface area contributed by atoms with E-state index in [1.54, 1.807) is 39.2 Å². The van der Waals surface area contributed by atoms with E-state index in [9.17, 15) is 4.79 Å². The predicted molar refractivity (Wildman–Crippen MR) is 77.7 cm³/mol. The number of amidine groups is 1. The van der Waals surface area contributed by atoms with E-state index in [1.165, 1.54) is 6.21 Å². The fourth-order valence-corrected chi connectivity index (χ4v) is 1.13. The summed E-state index contributed by atoms with van der Waals surface area (Å²) in [5.41, 5.74) is 5.86. The molecule has 0 spiro atoms. The zero-order valence-corrected chi connectivity index (χ0v) is 11.8. The van der Waals surface area contributed by atoms with E-state index in [0.717, 1.165) is 5.56 Å². The van der Waals surface area contributed by atoms with Crippen molar-refractivity contribution < 1.29 is 9.53 Å². The van der Waals surface area contributed by atoms with Crippen LogP contribution in [-0.2, 0) is 4.74 Å². The fourth-order valence-electron chi connectivity index (χ4n) is 1.13. The molecular formula is C13H19N5O2. The quantitative estimate of drug-likeness (QED) is 0.492. The number of nitrogens with two attached hydrogens (primary N) is 1. The molecule has 0 bridgehead atoms. The van der Waals surface area contributed by atoms with Gasteiger partial charge in [0.15, 0.2) is 0 Å². The van der Waals surface area contributed by atoms with Gasteiger partial charge in [-0.05, 0) is 26.8 Å². The molecule has 7 nitrogen and oxygen atoms in total. The molecule has 1 heterocycles. The van der Waals surface area contributed by atoms with Crippen LogP contribution >= 0.6 is 0 Å². The molecule has 1 rings (SSSR count). The van der Waals surface area contributed by atoms with Gasteiger partial charge >= 0.3 is 6.09 Å². The summed E-state index contributed by atoms with van der Waals surface area (Å²) >= 11 is 0. The third-order valence-corrected chi connectivity index (χ3v) is 1.89. The van der Waals surface area contributed by atoms with Gasteiger partial charge in [0.05, 0.1) is 12.8 Å². The highest BCUT2D eigenvalue weighted by atomic mass is 16.6. The minimum atomic E-state index is -0.549. The maximum Gasteiger partial charge on any atom is 0.408 e. The Morgan fingerprint density at radius 1 is 1.55 bits per heavy atom. The number of nitrogens with one attached hydrogen (secondary N) is 1. The molecule has 0 aromatic carbocycles. The molecule has 108 valence electrons. The third kappa shape index (κ3) is 7.10. The van der Waals surface area contributed by atoms with Crippen LogP contribution in [0.25, 0.3) is 0 Å².